The van der Waals surface area contributed by atoms with Crippen molar-refractivity contribution < 1.29 is 4.74 Å². The number of rotatable bonds is 3. The van der Waals surface area contributed by atoms with E-state index < -0.39 is 0 Å². The van der Waals surface area contributed by atoms with Crippen molar-refractivity contribution in [1.29, 1.82) is 0 Å². The van der Waals surface area contributed by atoms with Crippen LogP contribution >= 0.6 is 0 Å². The van der Waals surface area contributed by atoms with Gasteiger partial charge in [-0.15, -0.1) is 0 Å². The first-order valence-corrected chi connectivity index (χ1v) is 6.47. The number of ether oxygens (including phenoxy) is 1. The Morgan fingerprint density at radius 2 is 2.17 bits per heavy atom. The number of nitrogens with one attached hydrogen (secondary N) is 1. The van der Waals surface area contributed by atoms with E-state index in [1.54, 1.807) is 6.20 Å². The molecule has 0 radical (unpaired) electrons. The predicted molar refractivity (Wildman–Crippen MR) is 70.6 cm³/mol. The van der Waals surface area contributed by atoms with E-state index in [1.165, 1.54) is 12.8 Å². The average Bonchev–Trinajstić information content (AvgIpc) is 2.46. The molecule has 1 aromatic carbocycles. The molecule has 0 bridgehead atoms. The summed E-state index contributed by atoms with van der Waals surface area (Å²) in [5.74, 6) is 1.21. The topological polar surface area (TPSA) is 47.0 Å². The van der Waals surface area contributed by atoms with Crippen molar-refractivity contribution in [1.82, 2.24) is 15.3 Å². The summed E-state index contributed by atoms with van der Waals surface area (Å²) in [6, 6.07) is 7.84. The van der Waals surface area contributed by atoms with Crippen LogP contribution in [0.25, 0.3) is 11.0 Å². The van der Waals surface area contributed by atoms with Gasteiger partial charge in [0.05, 0.1) is 23.8 Å². The lowest BCUT2D eigenvalue weighted by Gasteiger charge is -2.22. The maximum absolute atomic E-state index is 5.74. The molecule has 1 aliphatic heterocycles. The molecule has 3 rings (SSSR count). The fourth-order valence-corrected chi connectivity index (χ4v) is 2.28. The van der Waals surface area contributed by atoms with Crippen molar-refractivity contribution in [2.24, 2.45) is 5.92 Å². The Morgan fingerprint density at radius 1 is 1.28 bits per heavy atom. The standard InChI is InChI=1S/C14H17N3O/c1-2-6-13-12(5-1)16-9-14(17-13)18-10-11-4-3-7-15-8-11/h1-2,5-6,9,11,15H,3-4,7-8,10H2/t11-/m0/s1. The van der Waals surface area contributed by atoms with Crippen LogP contribution in [0.3, 0.4) is 0 Å². The van der Waals surface area contributed by atoms with Crippen molar-refractivity contribution in [2.45, 2.75) is 12.8 Å². The largest absolute Gasteiger partial charge is 0.476 e. The Balaban J connectivity index is 1.66. The number of benzene rings is 1. The molecule has 0 aliphatic carbocycles. The van der Waals surface area contributed by atoms with E-state index >= 15 is 0 Å². The van der Waals surface area contributed by atoms with Crippen LogP contribution in [0.2, 0.25) is 0 Å². The highest BCUT2D eigenvalue weighted by molar-refractivity contribution is 5.73. The zero-order chi connectivity index (χ0) is 12.2. The van der Waals surface area contributed by atoms with Gasteiger partial charge in [-0.2, -0.15) is 0 Å². The molecule has 0 amide bonds. The van der Waals surface area contributed by atoms with Gasteiger partial charge in [-0.05, 0) is 31.5 Å². The van der Waals surface area contributed by atoms with Gasteiger partial charge in [0.15, 0.2) is 0 Å². The van der Waals surface area contributed by atoms with Gasteiger partial charge in [0.1, 0.15) is 0 Å². The number of para-hydroxylation sites is 2. The van der Waals surface area contributed by atoms with Crippen LogP contribution in [-0.4, -0.2) is 29.7 Å². The molecule has 2 aromatic rings. The maximum Gasteiger partial charge on any atom is 0.232 e. The van der Waals surface area contributed by atoms with Gasteiger partial charge in [0.25, 0.3) is 0 Å². The third-order valence-corrected chi connectivity index (χ3v) is 3.29. The monoisotopic (exact) mass is 243 g/mol. The number of hydrogen-bond acceptors (Lipinski definition) is 4. The molecule has 1 atom stereocenters. The minimum absolute atomic E-state index is 0.590. The summed E-state index contributed by atoms with van der Waals surface area (Å²) in [6.45, 7) is 2.90. The van der Waals surface area contributed by atoms with Gasteiger partial charge in [-0.1, -0.05) is 12.1 Å². The third-order valence-electron chi connectivity index (χ3n) is 3.29. The zero-order valence-electron chi connectivity index (χ0n) is 10.3. The summed E-state index contributed by atoms with van der Waals surface area (Å²) in [6.07, 6.45) is 4.17. The molecule has 0 saturated carbocycles. The molecule has 0 unspecified atom stereocenters. The van der Waals surface area contributed by atoms with Gasteiger partial charge >= 0.3 is 0 Å². The average molecular weight is 243 g/mol. The Bertz CT molecular complexity index is 523. The highest BCUT2D eigenvalue weighted by Crippen LogP contribution is 2.15. The van der Waals surface area contributed by atoms with E-state index in [1.807, 2.05) is 24.3 Å². The SMILES string of the molecule is c1ccc2nc(OC[C@H]3CCCNC3)cnc2c1. The molecule has 1 saturated heterocycles. The molecular weight excluding hydrogens is 226 g/mol. The number of nitrogens with zero attached hydrogens (tertiary/aromatic N) is 2. The molecule has 1 aromatic heterocycles. The maximum atomic E-state index is 5.74. The van der Waals surface area contributed by atoms with Crippen LogP contribution in [0, 0.1) is 5.92 Å². The highest BCUT2D eigenvalue weighted by Gasteiger charge is 2.13. The van der Waals surface area contributed by atoms with Gasteiger partial charge in [-0.3, -0.25) is 0 Å². The molecule has 1 aliphatic rings. The summed E-state index contributed by atoms with van der Waals surface area (Å²) >= 11 is 0. The minimum atomic E-state index is 0.590. The second-order valence-corrected chi connectivity index (χ2v) is 4.72. The lowest BCUT2D eigenvalue weighted by Crippen LogP contribution is -2.33. The first-order chi connectivity index (χ1) is 8.92. The molecule has 1 fully saturated rings. The van der Waals surface area contributed by atoms with Crippen molar-refractivity contribution in [2.75, 3.05) is 19.7 Å². The third kappa shape index (κ3) is 2.59. The number of aromatic nitrogens is 2. The van der Waals surface area contributed by atoms with E-state index in [4.69, 9.17) is 4.74 Å². The number of fused-ring (bicyclic) bond motifs is 1. The molecule has 1 N–H and O–H groups in total. The molecule has 94 valence electrons. The summed E-state index contributed by atoms with van der Waals surface area (Å²) < 4.78 is 5.74. The second-order valence-electron chi connectivity index (χ2n) is 4.72. The lowest BCUT2D eigenvalue weighted by molar-refractivity contribution is 0.212. The van der Waals surface area contributed by atoms with Crippen molar-refractivity contribution >= 4 is 11.0 Å². The summed E-state index contributed by atoms with van der Waals surface area (Å²) in [4.78, 5) is 8.80. The molecule has 18 heavy (non-hydrogen) atoms. The van der Waals surface area contributed by atoms with E-state index in [0.29, 0.717) is 11.8 Å². The number of piperidine rings is 1. The van der Waals surface area contributed by atoms with Gasteiger partial charge in [0.2, 0.25) is 5.88 Å². The molecule has 4 heteroatoms. The Morgan fingerprint density at radius 3 is 3.00 bits per heavy atom. The first kappa shape index (κ1) is 11.4. The normalized spacial score (nSPS) is 19.9. The highest BCUT2D eigenvalue weighted by atomic mass is 16.5. The minimum Gasteiger partial charge on any atom is -0.476 e. The smallest absolute Gasteiger partial charge is 0.232 e. The van der Waals surface area contributed by atoms with E-state index in [2.05, 4.69) is 15.3 Å². The fourth-order valence-electron chi connectivity index (χ4n) is 2.28. The van der Waals surface area contributed by atoms with Crippen molar-refractivity contribution in [3.8, 4) is 5.88 Å². The molecule has 2 heterocycles. The Kier molecular flexibility index (Phi) is 3.37. The molecule has 4 nitrogen and oxygen atoms in total. The summed E-state index contributed by atoms with van der Waals surface area (Å²) in [5.41, 5.74) is 1.79. The van der Waals surface area contributed by atoms with Crippen LogP contribution in [0.4, 0.5) is 0 Å². The van der Waals surface area contributed by atoms with Crippen LogP contribution in [-0.2, 0) is 0 Å². The van der Waals surface area contributed by atoms with Crippen molar-refractivity contribution in [3.05, 3.63) is 30.5 Å². The quantitative estimate of drug-likeness (QED) is 0.895. The Labute approximate surface area is 106 Å². The van der Waals surface area contributed by atoms with Crippen LogP contribution in [0.15, 0.2) is 30.5 Å². The van der Waals surface area contributed by atoms with Crippen molar-refractivity contribution in [3.63, 3.8) is 0 Å². The van der Waals surface area contributed by atoms with Gasteiger partial charge in [0, 0.05) is 12.5 Å². The molecule has 0 spiro atoms. The predicted octanol–water partition coefficient (Wildman–Crippen LogP) is 2.01. The lowest BCUT2D eigenvalue weighted by atomic mass is 10.0. The van der Waals surface area contributed by atoms with Crippen LogP contribution in [0.5, 0.6) is 5.88 Å². The Hall–Kier alpha value is -1.68. The van der Waals surface area contributed by atoms with Gasteiger partial charge < -0.3 is 10.1 Å². The van der Waals surface area contributed by atoms with E-state index in [9.17, 15) is 0 Å². The fraction of sp³-hybridized carbons (Fsp3) is 0.429. The van der Waals surface area contributed by atoms with Crippen LogP contribution in [0.1, 0.15) is 12.8 Å². The van der Waals surface area contributed by atoms with Crippen LogP contribution < -0.4 is 10.1 Å². The first-order valence-electron chi connectivity index (χ1n) is 6.47. The summed E-state index contributed by atoms with van der Waals surface area (Å²) in [5, 5.41) is 3.38. The summed E-state index contributed by atoms with van der Waals surface area (Å²) in [7, 11) is 0. The van der Waals surface area contributed by atoms with E-state index in [0.717, 1.165) is 30.7 Å². The second kappa shape index (κ2) is 5.31. The number of hydrogen-bond donors (Lipinski definition) is 1. The zero-order valence-corrected chi connectivity index (χ0v) is 10.3. The van der Waals surface area contributed by atoms with Gasteiger partial charge in [-0.25, -0.2) is 9.97 Å². The van der Waals surface area contributed by atoms with E-state index in [-0.39, 0.29) is 0 Å². The molecular formula is C14H17N3O.